The molecule has 1 aliphatic rings. The number of nitrogens with zero attached hydrogens (tertiary/aromatic N) is 1. The quantitative estimate of drug-likeness (QED) is 0.765. The van der Waals surface area contributed by atoms with Gasteiger partial charge >= 0.3 is 0 Å². The lowest BCUT2D eigenvalue weighted by Crippen LogP contribution is -2.43. The van der Waals surface area contributed by atoms with E-state index in [1.165, 1.54) is 4.31 Å². The zero-order chi connectivity index (χ0) is 17.4. The monoisotopic (exact) mass is 354 g/mol. The third-order valence-electron chi connectivity index (χ3n) is 4.24. The van der Waals surface area contributed by atoms with E-state index in [0.717, 1.165) is 12.0 Å². The summed E-state index contributed by atoms with van der Waals surface area (Å²) in [5, 5.41) is 2.74. The summed E-state index contributed by atoms with van der Waals surface area (Å²) in [4.78, 5) is 12.1. The van der Waals surface area contributed by atoms with Crippen LogP contribution in [0, 0.1) is 0 Å². The molecule has 1 fully saturated rings. The first kappa shape index (κ1) is 18.9. The molecule has 0 spiro atoms. The van der Waals surface area contributed by atoms with E-state index in [-0.39, 0.29) is 24.1 Å². The number of carbonyl (C=O) groups excluding carboxylic acids is 1. The summed E-state index contributed by atoms with van der Waals surface area (Å²) in [5.74, 6) is -0.0224. The van der Waals surface area contributed by atoms with Gasteiger partial charge in [0.25, 0.3) is 0 Å². The van der Waals surface area contributed by atoms with Gasteiger partial charge in [0.15, 0.2) is 0 Å². The SMILES string of the molecule is CCC(CC(=O)NCCS(=O)(=O)N1CCOCC1)c1ccccc1. The number of benzene rings is 1. The van der Waals surface area contributed by atoms with E-state index in [2.05, 4.69) is 5.32 Å². The summed E-state index contributed by atoms with van der Waals surface area (Å²) >= 11 is 0. The van der Waals surface area contributed by atoms with Gasteiger partial charge in [0.05, 0.1) is 19.0 Å². The molecule has 1 aliphatic heterocycles. The van der Waals surface area contributed by atoms with Gasteiger partial charge in [0.2, 0.25) is 15.9 Å². The van der Waals surface area contributed by atoms with Crippen molar-refractivity contribution in [3.63, 3.8) is 0 Å². The first-order chi connectivity index (χ1) is 11.5. The van der Waals surface area contributed by atoms with Crippen LogP contribution >= 0.6 is 0 Å². The highest BCUT2D eigenvalue weighted by atomic mass is 32.2. The first-order valence-electron chi connectivity index (χ1n) is 8.40. The van der Waals surface area contributed by atoms with Crippen molar-refractivity contribution >= 4 is 15.9 Å². The molecule has 0 saturated carbocycles. The van der Waals surface area contributed by atoms with Crippen LogP contribution in [0.15, 0.2) is 30.3 Å². The lowest BCUT2D eigenvalue weighted by molar-refractivity contribution is -0.121. The molecule has 24 heavy (non-hydrogen) atoms. The maximum Gasteiger partial charge on any atom is 0.220 e. The number of nitrogens with one attached hydrogen (secondary N) is 1. The number of sulfonamides is 1. The molecule has 1 amide bonds. The van der Waals surface area contributed by atoms with Gasteiger partial charge in [0.1, 0.15) is 0 Å². The van der Waals surface area contributed by atoms with E-state index >= 15 is 0 Å². The van der Waals surface area contributed by atoms with Crippen molar-refractivity contribution in [2.45, 2.75) is 25.7 Å². The number of rotatable bonds is 8. The van der Waals surface area contributed by atoms with Crippen LogP contribution in [-0.4, -0.2) is 57.2 Å². The highest BCUT2D eigenvalue weighted by Gasteiger charge is 2.24. The standard InChI is InChI=1S/C17H26N2O4S/c1-2-15(16-6-4-3-5-7-16)14-17(20)18-8-13-24(21,22)19-9-11-23-12-10-19/h3-7,15H,2,8-14H2,1H3,(H,18,20). The summed E-state index contributed by atoms with van der Waals surface area (Å²) in [6.07, 6.45) is 1.24. The van der Waals surface area contributed by atoms with E-state index in [4.69, 9.17) is 4.74 Å². The molecule has 2 rings (SSSR count). The van der Waals surface area contributed by atoms with Crippen LogP contribution in [0.3, 0.4) is 0 Å². The lowest BCUT2D eigenvalue weighted by atomic mass is 9.93. The van der Waals surface area contributed by atoms with Gasteiger partial charge in [-0.2, -0.15) is 4.31 Å². The molecule has 7 heteroatoms. The zero-order valence-corrected chi connectivity index (χ0v) is 14.9. The van der Waals surface area contributed by atoms with Crippen LogP contribution in [0.4, 0.5) is 0 Å². The molecule has 0 bridgehead atoms. The molecule has 1 aromatic carbocycles. The second-order valence-corrected chi connectivity index (χ2v) is 7.99. The lowest BCUT2D eigenvalue weighted by Gasteiger charge is -2.26. The Balaban J connectivity index is 1.78. The number of morpholine rings is 1. The Morgan fingerprint density at radius 1 is 1.25 bits per heavy atom. The molecule has 6 nitrogen and oxygen atoms in total. The number of carbonyl (C=O) groups is 1. The largest absolute Gasteiger partial charge is 0.379 e. The predicted octanol–water partition coefficient (Wildman–Crippen LogP) is 1.35. The summed E-state index contributed by atoms with van der Waals surface area (Å²) in [6, 6.07) is 9.91. The molecule has 1 saturated heterocycles. The molecule has 1 N–H and O–H groups in total. The van der Waals surface area contributed by atoms with Gasteiger partial charge < -0.3 is 10.1 Å². The third-order valence-corrected chi connectivity index (χ3v) is 6.11. The minimum absolute atomic E-state index is 0.0686. The fourth-order valence-electron chi connectivity index (χ4n) is 2.79. The molecule has 1 unspecified atom stereocenters. The van der Waals surface area contributed by atoms with E-state index in [9.17, 15) is 13.2 Å². The van der Waals surface area contributed by atoms with Crippen LogP contribution in [-0.2, 0) is 19.6 Å². The van der Waals surface area contributed by atoms with Crippen LogP contribution in [0.5, 0.6) is 0 Å². The normalized spacial score (nSPS) is 17.4. The van der Waals surface area contributed by atoms with Crippen molar-refractivity contribution in [1.29, 1.82) is 0 Å². The van der Waals surface area contributed by atoms with Crippen molar-refractivity contribution in [2.75, 3.05) is 38.6 Å². The van der Waals surface area contributed by atoms with Crippen molar-refractivity contribution in [3.8, 4) is 0 Å². The molecule has 134 valence electrons. The first-order valence-corrected chi connectivity index (χ1v) is 10.0. The maximum atomic E-state index is 12.2. The highest BCUT2D eigenvalue weighted by molar-refractivity contribution is 7.89. The Morgan fingerprint density at radius 3 is 2.54 bits per heavy atom. The number of ether oxygens (including phenoxy) is 1. The van der Waals surface area contributed by atoms with Crippen molar-refractivity contribution in [2.24, 2.45) is 0 Å². The second-order valence-electron chi connectivity index (χ2n) is 5.90. The Hall–Kier alpha value is -1.44. The minimum atomic E-state index is -3.33. The Kier molecular flexibility index (Phi) is 7.20. The number of hydrogen-bond acceptors (Lipinski definition) is 4. The van der Waals surface area contributed by atoms with Gasteiger partial charge in [-0.25, -0.2) is 8.42 Å². The minimum Gasteiger partial charge on any atom is -0.379 e. The Labute approximate surface area is 144 Å². The van der Waals surface area contributed by atoms with Crippen LogP contribution in [0.25, 0.3) is 0 Å². The smallest absolute Gasteiger partial charge is 0.220 e. The Bertz CT molecular complexity index is 613. The average Bonchev–Trinajstić information content (AvgIpc) is 2.61. The number of amides is 1. The van der Waals surface area contributed by atoms with Gasteiger partial charge in [0, 0.05) is 26.1 Å². The maximum absolute atomic E-state index is 12.2. The van der Waals surface area contributed by atoms with Crippen LogP contribution < -0.4 is 5.32 Å². The number of hydrogen-bond donors (Lipinski definition) is 1. The van der Waals surface area contributed by atoms with Crippen molar-refractivity contribution in [3.05, 3.63) is 35.9 Å². The van der Waals surface area contributed by atoms with Crippen molar-refractivity contribution in [1.82, 2.24) is 9.62 Å². The van der Waals surface area contributed by atoms with E-state index in [1.807, 2.05) is 37.3 Å². The van der Waals surface area contributed by atoms with Crippen molar-refractivity contribution < 1.29 is 17.9 Å². The second kappa shape index (κ2) is 9.15. The molecule has 1 atom stereocenters. The fraction of sp³-hybridized carbons (Fsp3) is 0.588. The summed E-state index contributed by atoms with van der Waals surface area (Å²) in [7, 11) is -3.33. The average molecular weight is 354 g/mol. The van der Waals surface area contributed by atoms with Gasteiger partial charge in [-0.1, -0.05) is 37.3 Å². The fourth-order valence-corrected chi connectivity index (χ4v) is 4.12. The topological polar surface area (TPSA) is 75.7 Å². The molecule has 0 radical (unpaired) electrons. The zero-order valence-electron chi connectivity index (χ0n) is 14.1. The van der Waals surface area contributed by atoms with Gasteiger partial charge in [-0.3, -0.25) is 4.79 Å². The molecular weight excluding hydrogens is 328 g/mol. The predicted molar refractivity (Wildman–Crippen MR) is 93.3 cm³/mol. The summed E-state index contributed by atoms with van der Waals surface area (Å²) in [6.45, 7) is 3.84. The van der Waals surface area contributed by atoms with Crippen LogP contribution in [0.2, 0.25) is 0 Å². The molecule has 1 aromatic rings. The van der Waals surface area contributed by atoms with E-state index in [0.29, 0.717) is 32.7 Å². The van der Waals surface area contributed by atoms with E-state index < -0.39 is 10.0 Å². The highest BCUT2D eigenvalue weighted by Crippen LogP contribution is 2.22. The van der Waals surface area contributed by atoms with Gasteiger partial charge in [-0.05, 0) is 17.9 Å². The molecular formula is C17H26N2O4S. The summed E-state index contributed by atoms with van der Waals surface area (Å²) < 4.78 is 31.0. The Morgan fingerprint density at radius 2 is 1.92 bits per heavy atom. The van der Waals surface area contributed by atoms with Gasteiger partial charge in [-0.15, -0.1) is 0 Å². The van der Waals surface area contributed by atoms with Crippen LogP contribution in [0.1, 0.15) is 31.2 Å². The molecule has 1 heterocycles. The molecule has 0 aliphatic carbocycles. The molecule has 0 aromatic heterocycles. The third kappa shape index (κ3) is 5.58. The summed E-state index contributed by atoms with van der Waals surface area (Å²) in [5.41, 5.74) is 1.14. The van der Waals surface area contributed by atoms with E-state index in [1.54, 1.807) is 0 Å².